The second-order valence-electron chi connectivity index (χ2n) is 2.29. The summed E-state index contributed by atoms with van der Waals surface area (Å²) in [6, 6.07) is 5.54. The van der Waals surface area contributed by atoms with Gasteiger partial charge in [0, 0.05) is 0 Å². The van der Waals surface area contributed by atoms with Crippen LogP contribution in [0.2, 0.25) is 0 Å². The molecule has 0 N–H and O–H groups in total. The van der Waals surface area contributed by atoms with Gasteiger partial charge in [0.15, 0.2) is 11.5 Å². The second-order valence-corrected chi connectivity index (χ2v) is 6.91. The van der Waals surface area contributed by atoms with Gasteiger partial charge in [-0.3, -0.25) is 0 Å². The SMILES string of the molecule is [CH2]c1ccc(OC)c(OC)c1.[Cl][Zn][Cl]. The summed E-state index contributed by atoms with van der Waals surface area (Å²) in [5, 5.41) is 0. The third kappa shape index (κ3) is 5.04. The summed E-state index contributed by atoms with van der Waals surface area (Å²) in [6.07, 6.45) is 0. The third-order valence-electron chi connectivity index (χ3n) is 1.45. The number of hydrogen-bond donors (Lipinski definition) is 0. The van der Waals surface area contributed by atoms with Gasteiger partial charge in [0.2, 0.25) is 0 Å². The predicted octanol–water partition coefficient (Wildman–Crippen LogP) is 3.26. The number of halogens is 2. The summed E-state index contributed by atoms with van der Waals surface area (Å²) in [7, 11) is 13.1. The molecule has 0 atom stereocenters. The molecule has 14 heavy (non-hydrogen) atoms. The van der Waals surface area contributed by atoms with Crippen molar-refractivity contribution in [1.29, 1.82) is 0 Å². The summed E-state index contributed by atoms with van der Waals surface area (Å²) in [6.45, 7) is 3.77. The van der Waals surface area contributed by atoms with Crippen LogP contribution in [0.25, 0.3) is 0 Å². The zero-order valence-corrected chi connectivity index (χ0v) is 12.7. The normalized spacial score (nSPS) is 8.07. The van der Waals surface area contributed by atoms with E-state index in [2.05, 4.69) is 6.92 Å². The summed E-state index contributed by atoms with van der Waals surface area (Å²) < 4.78 is 10.1. The van der Waals surface area contributed by atoms with Gasteiger partial charge < -0.3 is 9.47 Å². The molecule has 0 saturated heterocycles. The van der Waals surface area contributed by atoms with Crippen molar-refractivity contribution in [2.45, 2.75) is 0 Å². The average Bonchev–Trinajstić information content (AvgIpc) is 2.19. The van der Waals surface area contributed by atoms with Crippen molar-refractivity contribution in [3.63, 3.8) is 0 Å². The maximum absolute atomic E-state index is 5.05. The zero-order valence-electron chi connectivity index (χ0n) is 8.22. The van der Waals surface area contributed by atoms with Crippen molar-refractivity contribution in [3.05, 3.63) is 30.7 Å². The summed E-state index contributed by atoms with van der Waals surface area (Å²) in [4.78, 5) is 0. The second kappa shape index (κ2) is 8.34. The summed E-state index contributed by atoms with van der Waals surface area (Å²) >= 11 is -0.931. The molecular formula is C9H11Cl2O2Zn. The minimum atomic E-state index is -0.931. The van der Waals surface area contributed by atoms with Gasteiger partial charge in [-0.05, 0) is 24.6 Å². The van der Waals surface area contributed by atoms with Crippen LogP contribution in [0.5, 0.6) is 11.5 Å². The maximum atomic E-state index is 5.05. The van der Waals surface area contributed by atoms with Crippen LogP contribution in [-0.4, -0.2) is 14.2 Å². The van der Waals surface area contributed by atoms with E-state index in [4.69, 9.17) is 28.9 Å². The van der Waals surface area contributed by atoms with Crippen LogP contribution in [0.1, 0.15) is 5.56 Å². The Morgan fingerprint density at radius 2 is 1.64 bits per heavy atom. The average molecular weight is 287 g/mol. The quantitative estimate of drug-likeness (QED) is 0.777. The number of benzene rings is 1. The fraction of sp³-hybridized carbons (Fsp3) is 0.222. The first-order chi connectivity index (χ1) is 6.69. The molecule has 1 aromatic rings. The van der Waals surface area contributed by atoms with E-state index in [9.17, 15) is 0 Å². The molecule has 75 valence electrons. The van der Waals surface area contributed by atoms with Gasteiger partial charge in [-0.15, -0.1) is 0 Å². The molecule has 1 radical (unpaired) electrons. The van der Waals surface area contributed by atoms with Crippen LogP contribution in [0, 0.1) is 6.92 Å². The molecule has 0 heterocycles. The molecule has 0 saturated carbocycles. The number of hydrogen-bond acceptors (Lipinski definition) is 2. The van der Waals surface area contributed by atoms with Gasteiger partial charge in [-0.25, -0.2) is 0 Å². The number of ether oxygens (including phenoxy) is 2. The van der Waals surface area contributed by atoms with Crippen LogP contribution in [0.4, 0.5) is 0 Å². The fourth-order valence-electron chi connectivity index (χ4n) is 0.881. The Labute approximate surface area is 100 Å². The summed E-state index contributed by atoms with van der Waals surface area (Å²) in [5.41, 5.74) is 0.919. The van der Waals surface area contributed by atoms with Crippen LogP contribution in [-0.2, 0) is 15.1 Å². The molecule has 0 bridgehead atoms. The Kier molecular flexibility index (Phi) is 8.36. The molecule has 0 aliphatic carbocycles. The Bertz CT molecular complexity index is 269. The first-order valence-electron chi connectivity index (χ1n) is 3.85. The Morgan fingerprint density at radius 3 is 2.07 bits per heavy atom. The monoisotopic (exact) mass is 285 g/mol. The van der Waals surface area contributed by atoms with E-state index in [0.717, 1.165) is 17.1 Å². The molecule has 1 aromatic carbocycles. The molecule has 0 spiro atoms. The van der Waals surface area contributed by atoms with Gasteiger partial charge in [0.25, 0.3) is 0 Å². The van der Waals surface area contributed by atoms with Crippen molar-refractivity contribution < 1.29 is 24.6 Å². The first kappa shape index (κ1) is 14.0. The molecule has 5 heteroatoms. The molecule has 0 unspecified atom stereocenters. The molecule has 0 aliphatic rings. The molecule has 0 aromatic heterocycles. The molecule has 2 nitrogen and oxygen atoms in total. The fourth-order valence-corrected chi connectivity index (χ4v) is 0.881. The van der Waals surface area contributed by atoms with Crippen molar-refractivity contribution >= 4 is 19.4 Å². The van der Waals surface area contributed by atoms with Crippen molar-refractivity contribution in [2.75, 3.05) is 14.2 Å². The molecular weight excluding hydrogens is 276 g/mol. The van der Waals surface area contributed by atoms with Crippen LogP contribution < -0.4 is 9.47 Å². The molecule has 0 aliphatic heterocycles. The van der Waals surface area contributed by atoms with Gasteiger partial charge in [-0.2, -0.15) is 0 Å². The van der Waals surface area contributed by atoms with Gasteiger partial charge >= 0.3 is 34.5 Å². The van der Waals surface area contributed by atoms with Crippen LogP contribution in [0.3, 0.4) is 0 Å². The van der Waals surface area contributed by atoms with E-state index < -0.39 is 15.1 Å². The number of methoxy groups -OCH3 is 2. The molecule has 0 amide bonds. The zero-order chi connectivity index (χ0) is 11.0. The Morgan fingerprint density at radius 1 is 1.14 bits per heavy atom. The molecule has 1 rings (SSSR count). The summed E-state index contributed by atoms with van der Waals surface area (Å²) in [5.74, 6) is 1.46. The number of rotatable bonds is 2. The first-order valence-corrected chi connectivity index (χ1v) is 11.6. The molecule has 0 fully saturated rings. The third-order valence-corrected chi connectivity index (χ3v) is 1.45. The van der Waals surface area contributed by atoms with E-state index in [-0.39, 0.29) is 0 Å². The van der Waals surface area contributed by atoms with Gasteiger partial charge in [0.05, 0.1) is 14.2 Å². The van der Waals surface area contributed by atoms with Crippen molar-refractivity contribution in [1.82, 2.24) is 0 Å². The van der Waals surface area contributed by atoms with Gasteiger partial charge in [-0.1, -0.05) is 6.07 Å². The van der Waals surface area contributed by atoms with E-state index in [1.165, 1.54) is 0 Å². The van der Waals surface area contributed by atoms with E-state index >= 15 is 0 Å². The Balaban J connectivity index is 0.000000500. The predicted molar refractivity (Wildman–Crippen MR) is 55.7 cm³/mol. The minimum absolute atomic E-state index is 0.722. The van der Waals surface area contributed by atoms with Gasteiger partial charge in [0.1, 0.15) is 0 Å². The standard InChI is InChI=1S/C9H11O2.2ClH.Zn/c1-7-4-5-8(10-2)9(6-7)11-3;;;/h4-6H,1H2,2-3H3;2*1H;/q;;;+2/p-2. The topological polar surface area (TPSA) is 18.5 Å². The van der Waals surface area contributed by atoms with Crippen LogP contribution in [0.15, 0.2) is 18.2 Å². The van der Waals surface area contributed by atoms with Crippen molar-refractivity contribution in [2.24, 2.45) is 0 Å². The van der Waals surface area contributed by atoms with Crippen molar-refractivity contribution in [3.8, 4) is 11.5 Å². The van der Waals surface area contributed by atoms with E-state index in [1.807, 2.05) is 18.2 Å². The van der Waals surface area contributed by atoms with E-state index in [0.29, 0.717) is 0 Å². The van der Waals surface area contributed by atoms with Crippen LogP contribution >= 0.6 is 19.4 Å². The Hall–Kier alpha value is 0.0234. The van der Waals surface area contributed by atoms with E-state index in [1.54, 1.807) is 14.2 Å².